The highest BCUT2D eigenvalue weighted by molar-refractivity contribution is 5.88. The number of carboxylic acid groups (broad SMARTS) is 1. The average Bonchev–Trinajstić information content (AvgIpc) is 2.79. The van der Waals surface area contributed by atoms with Gasteiger partial charge in [-0.25, -0.2) is 0 Å². The van der Waals surface area contributed by atoms with Crippen LogP contribution in [0.1, 0.15) is 17.0 Å². The van der Waals surface area contributed by atoms with Gasteiger partial charge in [0.2, 0.25) is 5.75 Å². The quantitative estimate of drug-likeness (QED) is 0.884. The van der Waals surface area contributed by atoms with Crippen molar-refractivity contribution in [2.75, 3.05) is 21.3 Å². The smallest absolute Gasteiger partial charge is 0.314 e. The maximum atomic E-state index is 11.2. The molecule has 1 aliphatic carbocycles. The number of rotatable bonds is 4. The molecule has 5 heteroatoms. The monoisotopic (exact) mass is 250 g/mol. The molecule has 0 fully saturated rings. The van der Waals surface area contributed by atoms with E-state index in [-0.39, 0.29) is 0 Å². The molecule has 0 heterocycles. The van der Waals surface area contributed by atoms with Crippen molar-refractivity contribution in [3.8, 4) is 17.2 Å². The fraction of sp³-hybridized carbons (Fsp3) is 0.308. The van der Waals surface area contributed by atoms with Gasteiger partial charge in [-0.1, -0.05) is 12.2 Å². The first kappa shape index (κ1) is 12.3. The zero-order valence-electron chi connectivity index (χ0n) is 10.4. The van der Waals surface area contributed by atoms with Crippen LogP contribution in [0.3, 0.4) is 0 Å². The SMILES string of the molecule is COc1cc2c(c(OC)c1OC)C=CC2C(=O)O. The summed E-state index contributed by atoms with van der Waals surface area (Å²) in [5.41, 5.74) is 1.37. The van der Waals surface area contributed by atoms with Crippen LogP contribution in [0.5, 0.6) is 17.2 Å². The van der Waals surface area contributed by atoms with E-state index in [1.54, 1.807) is 18.2 Å². The third kappa shape index (κ3) is 1.68. The number of carboxylic acids is 1. The highest BCUT2D eigenvalue weighted by Crippen LogP contribution is 2.47. The fourth-order valence-electron chi connectivity index (χ4n) is 2.14. The third-order valence-corrected chi connectivity index (χ3v) is 2.96. The maximum Gasteiger partial charge on any atom is 0.314 e. The highest BCUT2D eigenvalue weighted by atomic mass is 16.5. The minimum absolute atomic E-state index is 0.461. The number of aliphatic carboxylic acids is 1. The second kappa shape index (κ2) is 4.60. The molecule has 1 aliphatic rings. The van der Waals surface area contributed by atoms with Gasteiger partial charge in [0.05, 0.1) is 21.3 Å². The summed E-state index contributed by atoms with van der Waals surface area (Å²) in [6.45, 7) is 0. The van der Waals surface area contributed by atoms with Gasteiger partial charge in [-0.2, -0.15) is 0 Å². The normalized spacial score (nSPS) is 16.3. The van der Waals surface area contributed by atoms with Gasteiger partial charge in [0.15, 0.2) is 11.5 Å². The number of fused-ring (bicyclic) bond motifs is 1. The van der Waals surface area contributed by atoms with Crippen molar-refractivity contribution in [2.24, 2.45) is 0 Å². The van der Waals surface area contributed by atoms with Crippen molar-refractivity contribution in [2.45, 2.75) is 5.92 Å². The van der Waals surface area contributed by atoms with Crippen molar-refractivity contribution in [1.82, 2.24) is 0 Å². The van der Waals surface area contributed by atoms with E-state index in [4.69, 9.17) is 19.3 Å². The van der Waals surface area contributed by atoms with Crippen LogP contribution in [0.2, 0.25) is 0 Å². The van der Waals surface area contributed by atoms with E-state index in [0.717, 1.165) is 5.56 Å². The molecule has 5 nitrogen and oxygen atoms in total. The molecule has 1 atom stereocenters. The minimum atomic E-state index is -0.903. The van der Waals surface area contributed by atoms with Crippen LogP contribution in [0.4, 0.5) is 0 Å². The molecule has 1 aromatic rings. The van der Waals surface area contributed by atoms with Crippen LogP contribution in [0, 0.1) is 0 Å². The summed E-state index contributed by atoms with van der Waals surface area (Å²) in [5.74, 6) is -0.155. The van der Waals surface area contributed by atoms with Gasteiger partial charge >= 0.3 is 5.97 Å². The van der Waals surface area contributed by atoms with Crippen molar-refractivity contribution in [1.29, 1.82) is 0 Å². The van der Waals surface area contributed by atoms with Crippen molar-refractivity contribution >= 4 is 12.0 Å². The number of methoxy groups -OCH3 is 3. The Bertz CT molecular complexity index is 519. The zero-order valence-corrected chi connectivity index (χ0v) is 10.4. The van der Waals surface area contributed by atoms with Crippen molar-refractivity contribution in [3.05, 3.63) is 23.3 Å². The molecule has 18 heavy (non-hydrogen) atoms. The van der Waals surface area contributed by atoms with Gasteiger partial charge in [0, 0.05) is 5.56 Å². The molecule has 1 unspecified atom stereocenters. The second-order valence-electron chi connectivity index (χ2n) is 3.82. The maximum absolute atomic E-state index is 11.2. The molecule has 1 N–H and O–H groups in total. The zero-order chi connectivity index (χ0) is 13.3. The summed E-state index contributed by atoms with van der Waals surface area (Å²) >= 11 is 0. The first-order chi connectivity index (χ1) is 8.63. The molecular weight excluding hydrogens is 236 g/mol. The molecule has 0 aromatic heterocycles. The lowest BCUT2D eigenvalue weighted by Crippen LogP contribution is -2.08. The van der Waals surface area contributed by atoms with Crippen LogP contribution < -0.4 is 14.2 Å². The Kier molecular flexibility index (Phi) is 3.14. The number of ether oxygens (including phenoxy) is 3. The summed E-state index contributed by atoms with van der Waals surface area (Å²) in [5, 5.41) is 9.15. The predicted octanol–water partition coefficient (Wildman–Crippen LogP) is 1.91. The lowest BCUT2D eigenvalue weighted by atomic mass is 9.99. The Morgan fingerprint density at radius 2 is 1.83 bits per heavy atom. The summed E-state index contributed by atoms with van der Waals surface area (Å²) in [6.07, 6.45) is 3.35. The van der Waals surface area contributed by atoms with E-state index in [9.17, 15) is 4.79 Å². The minimum Gasteiger partial charge on any atom is -0.493 e. The third-order valence-electron chi connectivity index (χ3n) is 2.96. The summed E-state index contributed by atoms with van der Waals surface area (Å²) < 4.78 is 15.8. The summed E-state index contributed by atoms with van der Waals surface area (Å²) in [4.78, 5) is 11.2. The van der Waals surface area contributed by atoms with Gasteiger partial charge in [0.1, 0.15) is 5.92 Å². The topological polar surface area (TPSA) is 65.0 Å². The van der Waals surface area contributed by atoms with Gasteiger partial charge in [-0.15, -0.1) is 0 Å². The molecular formula is C13H14O5. The Morgan fingerprint density at radius 1 is 1.17 bits per heavy atom. The second-order valence-corrected chi connectivity index (χ2v) is 3.82. The fourth-order valence-corrected chi connectivity index (χ4v) is 2.14. The highest BCUT2D eigenvalue weighted by Gasteiger charge is 2.30. The molecule has 1 aromatic carbocycles. The number of benzene rings is 1. The molecule has 0 saturated heterocycles. The van der Waals surface area contributed by atoms with Crippen molar-refractivity contribution in [3.63, 3.8) is 0 Å². The van der Waals surface area contributed by atoms with Crippen LogP contribution in [-0.4, -0.2) is 32.4 Å². The molecule has 0 amide bonds. The largest absolute Gasteiger partial charge is 0.493 e. The first-order valence-electron chi connectivity index (χ1n) is 5.37. The van der Waals surface area contributed by atoms with Crippen LogP contribution in [-0.2, 0) is 4.79 Å². The van der Waals surface area contributed by atoms with E-state index in [2.05, 4.69) is 0 Å². The van der Waals surface area contributed by atoms with E-state index in [1.807, 2.05) is 0 Å². The molecule has 0 aliphatic heterocycles. The van der Waals surface area contributed by atoms with E-state index in [1.165, 1.54) is 21.3 Å². The molecule has 0 radical (unpaired) electrons. The van der Waals surface area contributed by atoms with Crippen LogP contribution in [0.15, 0.2) is 12.1 Å². The first-order valence-corrected chi connectivity index (χ1v) is 5.37. The van der Waals surface area contributed by atoms with E-state index >= 15 is 0 Å². The van der Waals surface area contributed by atoms with Gasteiger partial charge < -0.3 is 19.3 Å². The summed E-state index contributed by atoms with van der Waals surface area (Å²) in [7, 11) is 4.53. The molecule has 2 rings (SSSR count). The lowest BCUT2D eigenvalue weighted by molar-refractivity contribution is -0.137. The Hall–Kier alpha value is -2.17. The Balaban J connectivity index is 2.67. The standard InChI is InChI=1S/C13H14O5/c1-16-10-6-9-7(4-5-8(9)13(14)15)11(17-2)12(10)18-3/h4-6,8H,1-3H3,(H,14,15). The number of hydrogen-bond donors (Lipinski definition) is 1. The van der Waals surface area contributed by atoms with Gasteiger partial charge in [-0.3, -0.25) is 4.79 Å². The number of carbonyl (C=O) groups is 1. The van der Waals surface area contributed by atoms with Crippen molar-refractivity contribution < 1.29 is 24.1 Å². The van der Waals surface area contributed by atoms with Gasteiger partial charge in [-0.05, 0) is 11.6 Å². The average molecular weight is 250 g/mol. The molecule has 0 saturated carbocycles. The van der Waals surface area contributed by atoms with Crippen LogP contribution >= 0.6 is 0 Å². The van der Waals surface area contributed by atoms with Crippen LogP contribution in [0.25, 0.3) is 6.08 Å². The molecule has 96 valence electrons. The lowest BCUT2D eigenvalue weighted by Gasteiger charge is -2.16. The molecule has 0 bridgehead atoms. The van der Waals surface area contributed by atoms with E-state index < -0.39 is 11.9 Å². The Labute approximate surface area is 105 Å². The van der Waals surface area contributed by atoms with E-state index in [0.29, 0.717) is 22.8 Å². The molecule has 0 spiro atoms. The predicted molar refractivity (Wildman–Crippen MR) is 65.5 cm³/mol. The summed E-state index contributed by atoms with van der Waals surface area (Å²) in [6, 6.07) is 1.68. The Morgan fingerprint density at radius 3 is 2.33 bits per heavy atom. The number of hydrogen-bond acceptors (Lipinski definition) is 4. The van der Waals surface area contributed by atoms with Gasteiger partial charge in [0.25, 0.3) is 0 Å².